The molecule has 112 valence electrons. The number of thiophene rings is 1. The lowest BCUT2D eigenvalue weighted by Gasteiger charge is -2.31. The van der Waals surface area contributed by atoms with E-state index >= 15 is 0 Å². The fraction of sp³-hybridized carbons (Fsp3) is 0.375. The van der Waals surface area contributed by atoms with Gasteiger partial charge in [-0.15, -0.1) is 11.3 Å². The summed E-state index contributed by atoms with van der Waals surface area (Å²) < 4.78 is 13.6. The predicted octanol–water partition coefficient (Wildman–Crippen LogP) is 4.21. The minimum absolute atomic E-state index is 0.00722. The van der Waals surface area contributed by atoms with Crippen LogP contribution in [-0.2, 0) is 6.54 Å². The molecular weight excluding hydrogens is 307 g/mol. The average Bonchev–Trinajstić information content (AvgIpc) is 3.15. The van der Waals surface area contributed by atoms with Crippen LogP contribution in [0.25, 0.3) is 0 Å². The summed E-state index contributed by atoms with van der Waals surface area (Å²) in [6.07, 6.45) is 2.37. The zero-order valence-corrected chi connectivity index (χ0v) is 13.2. The Hall–Kier alpha value is -0.940. The van der Waals surface area contributed by atoms with Crippen LogP contribution in [-0.4, -0.2) is 17.5 Å². The van der Waals surface area contributed by atoms with Gasteiger partial charge in [-0.1, -0.05) is 17.7 Å². The van der Waals surface area contributed by atoms with Crippen molar-refractivity contribution in [2.75, 3.05) is 6.54 Å². The van der Waals surface area contributed by atoms with Gasteiger partial charge in [0.2, 0.25) is 0 Å². The first-order chi connectivity index (χ1) is 10.2. The van der Waals surface area contributed by atoms with Crippen LogP contribution >= 0.6 is 22.9 Å². The van der Waals surface area contributed by atoms with Gasteiger partial charge in [0, 0.05) is 35.1 Å². The lowest BCUT2D eigenvalue weighted by molar-refractivity contribution is 0.183. The van der Waals surface area contributed by atoms with Gasteiger partial charge in [0.05, 0.1) is 0 Å². The molecule has 1 unspecified atom stereocenters. The third-order valence-corrected chi connectivity index (χ3v) is 4.91. The van der Waals surface area contributed by atoms with Crippen molar-refractivity contribution in [1.29, 1.82) is 0 Å². The van der Waals surface area contributed by atoms with Gasteiger partial charge in [0.1, 0.15) is 5.82 Å². The zero-order valence-electron chi connectivity index (χ0n) is 11.6. The van der Waals surface area contributed by atoms with Crippen molar-refractivity contribution in [3.63, 3.8) is 0 Å². The molecule has 1 heterocycles. The highest BCUT2D eigenvalue weighted by Gasteiger charge is 2.34. The Balaban J connectivity index is 1.87. The number of hydrogen-bond acceptors (Lipinski definition) is 3. The van der Waals surface area contributed by atoms with Gasteiger partial charge in [-0.2, -0.15) is 0 Å². The number of rotatable bonds is 6. The second-order valence-corrected chi connectivity index (χ2v) is 6.91. The summed E-state index contributed by atoms with van der Waals surface area (Å²) in [7, 11) is 0. The average molecular weight is 325 g/mol. The van der Waals surface area contributed by atoms with Gasteiger partial charge in [-0.25, -0.2) is 4.39 Å². The summed E-state index contributed by atoms with van der Waals surface area (Å²) in [4.78, 5) is 3.69. The maximum atomic E-state index is 13.6. The van der Waals surface area contributed by atoms with Crippen molar-refractivity contribution in [3.05, 3.63) is 57.0 Å². The first-order valence-electron chi connectivity index (χ1n) is 7.11. The van der Waals surface area contributed by atoms with Crippen molar-refractivity contribution in [1.82, 2.24) is 4.90 Å². The second kappa shape index (κ2) is 6.44. The highest BCUT2D eigenvalue weighted by Crippen LogP contribution is 2.36. The molecule has 5 heteroatoms. The number of hydrogen-bond donors (Lipinski definition) is 1. The van der Waals surface area contributed by atoms with Gasteiger partial charge in [-0.05, 0) is 48.1 Å². The summed E-state index contributed by atoms with van der Waals surface area (Å²) in [6, 6.07) is 9.45. The van der Waals surface area contributed by atoms with Gasteiger partial charge in [0.25, 0.3) is 0 Å². The normalized spacial score (nSPS) is 16.4. The van der Waals surface area contributed by atoms with Crippen LogP contribution in [0.2, 0.25) is 5.02 Å². The molecule has 0 spiro atoms. The molecule has 1 atom stereocenters. The predicted molar refractivity (Wildman–Crippen MR) is 86.1 cm³/mol. The Bertz CT molecular complexity index is 578. The zero-order chi connectivity index (χ0) is 14.8. The first kappa shape index (κ1) is 15.0. The molecule has 1 aliphatic rings. The lowest BCUT2D eigenvalue weighted by atomic mass is 10.0. The lowest BCUT2D eigenvalue weighted by Crippen LogP contribution is -2.35. The monoisotopic (exact) mass is 324 g/mol. The molecule has 0 aliphatic heterocycles. The van der Waals surface area contributed by atoms with E-state index in [0.29, 0.717) is 17.6 Å². The van der Waals surface area contributed by atoms with E-state index in [1.54, 1.807) is 17.4 Å². The minimum atomic E-state index is -0.303. The Morgan fingerprint density at radius 3 is 2.76 bits per heavy atom. The van der Waals surface area contributed by atoms with Crippen LogP contribution in [0.4, 0.5) is 4.39 Å². The third kappa shape index (κ3) is 3.64. The molecule has 0 bridgehead atoms. The van der Waals surface area contributed by atoms with Crippen molar-refractivity contribution in [2.45, 2.75) is 31.5 Å². The molecule has 21 heavy (non-hydrogen) atoms. The summed E-state index contributed by atoms with van der Waals surface area (Å²) in [5.41, 5.74) is 6.86. The Labute approximate surface area is 133 Å². The fourth-order valence-electron chi connectivity index (χ4n) is 2.71. The maximum absolute atomic E-state index is 13.6. The molecule has 1 aromatic carbocycles. The molecule has 2 nitrogen and oxygen atoms in total. The molecule has 1 fully saturated rings. The fourth-order valence-corrected chi connectivity index (χ4v) is 3.66. The molecule has 0 amide bonds. The molecule has 1 saturated carbocycles. The third-order valence-electron chi connectivity index (χ3n) is 3.83. The van der Waals surface area contributed by atoms with Crippen molar-refractivity contribution >= 4 is 22.9 Å². The van der Waals surface area contributed by atoms with Crippen LogP contribution < -0.4 is 5.73 Å². The SMILES string of the molecule is NCC(c1cc(F)cc(Cl)c1)N(Cc1cccs1)C1CC1. The van der Waals surface area contributed by atoms with E-state index in [-0.39, 0.29) is 11.9 Å². The molecule has 3 rings (SSSR count). The molecule has 1 aliphatic carbocycles. The van der Waals surface area contributed by atoms with E-state index in [9.17, 15) is 4.39 Å². The number of nitrogens with two attached hydrogens (primary N) is 1. The largest absolute Gasteiger partial charge is 0.329 e. The molecule has 2 N–H and O–H groups in total. The van der Waals surface area contributed by atoms with Crippen LogP contribution in [0.15, 0.2) is 35.7 Å². The van der Waals surface area contributed by atoms with Crippen LogP contribution in [0.3, 0.4) is 0 Å². The van der Waals surface area contributed by atoms with Gasteiger partial charge in [-0.3, -0.25) is 4.90 Å². The quantitative estimate of drug-likeness (QED) is 0.862. The minimum Gasteiger partial charge on any atom is -0.329 e. The van der Waals surface area contributed by atoms with Crippen LogP contribution in [0.5, 0.6) is 0 Å². The summed E-state index contributed by atoms with van der Waals surface area (Å²) >= 11 is 7.74. The number of halogens is 2. The number of nitrogens with zero attached hydrogens (tertiary/aromatic N) is 1. The number of benzene rings is 1. The van der Waals surface area contributed by atoms with Crippen molar-refractivity contribution in [2.24, 2.45) is 5.73 Å². The van der Waals surface area contributed by atoms with E-state index in [1.807, 2.05) is 6.07 Å². The van der Waals surface area contributed by atoms with E-state index in [0.717, 1.165) is 12.1 Å². The second-order valence-electron chi connectivity index (χ2n) is 5.44. The van der Waals surface area contributed by atoms with Crippen LogP contribution in [0.1, 0.15) is 29.3 Å². The highest BCUT2D eigenvalue weighted by atomic mass is 35.5. The molecule has 0 saturated heterocycles. The topological polar surface area (TPSA) is 29.3 Å². The standard InChI is InChI=1S/C16H18ClFN2S/c17-12-6-11(7-13(18)8-12)16(9-19)20(14-3-4-14)10-15-2-1-5-21-15/h1-2,5-8,14,16H,3-4,9-10,19H2. The van der Waals surface area contributed by atoms with Gasteiger partial charge < -0.3 is 5.73 Å². The van der Waals surface area contributed by atoms with Gasteiger partial charge in [0.15, 0.2) is 0 Å². The van der Waals surface area contributed by atoms with E-state index < -0.39 is 0 Å². The Kier molecular flexibility index (Phi) is 4.60. The Morgan fingerprint density at radius 1 is 1.38 bits per heavy atom. The van der Waals surface area contributed by atoms with E-state index in [1.165, 1.54) is 23.8 Å². The van der Waals surface area contributed by atoms with Gasteiger partial charge >= 0.3 is 0 Å². The molecular formula is C16H18ClFN2S. The van der Waals surface area contributed by atoms with Crippen molar-refractivity contribution < 1.29 is 4.39 Å². The summed E-state index contributed by atoms with van der Waals surface area (Å²) in [5.74, 6) is -0.303. The molecule has 0 radical (unpaired) electrons. The Morgan fingerprint density at radius 2 is 2.19 bits per heavy atom. The summed E-state index contributed by atoms with van der Waals surface area (Å²) in [6.45, 7) is 1.32. The highest BCUT2D eigenvalue weighted by molar-refractivity contribution is 7.09. The first-order valence-corrected chi connectivity index (χ1v) is 8.37. The van der Waals surface area contributed by atoms with E-state index in [2.05, 4.69) is 22.4 Å². The van der Waals surface area contributed by atoms with E-state index in [4.69, 9.17) is 17.3 Å². The van der Waals surface area contributed by atoms with Crippen molar-refractivity contribution in [3.8, 4) is 0 Å². The van der Waals surface area contributed by atoms with Crippen LogP contribution in [0, 0.1) is 5.82 Å². The smallest absolute Gasteiger partial charge is 0.125 e. The maximum Gasteiger partial charge on any atom is 0.125 e. The molecule has 1 aromatic heterocycles. The molecule has 2 aromatic rings. The summed E-state index contributed by atoms with van der Waals surface area (Å²) in [5, 5.41) is 2.51.